The first-order valence-electron chi connectivity index (χ1n) is 9.61. The van der Waals surface area contributed by atoms with Crippen molar-refractivity contribution in [2.75, 3.05) is 17.3 Å². The molecule has 1 heterocycles. The fourth-order valence-electron chi connectivity index (χ4n) is 3.29. The number of fused-ring (bicyclic) bond motifs is 1. The van der Waals surface area contributed by atoms with Crippen LogP contribution in [0.15, 0.2) is 50.5 Å². The summed E-state index contributed by atoms with van der Waals surface area (Å²) in [4.78, 5) is 24.5. The number of sulfonamides is 1. The van der Waals surface area contributed by atoms with Crippen LogP contribution in [0.1, 0.15) is 17.5 Å². The Morgan fingerprint density at radius 3 is 2.48 bits per heavy atom. The lowest BCUT2D eigenvalue weighted by molar-refractivity contribution is -0.117. The van der Waals surface area contributed by atoms with Gasteiger partial charge in [-0.05, 0) is 67.7 Å². The average molecular weight is 464 g/mol. The number of hydrogen-bond acceptors (Lipinski definition) is 6. The van der Waals surface area contributed by atoms with Gasteiger partial charge in [0.25, 0.3) is 0 Å². The number of nitrogens with zero attached hydrogens (tertiary/aromatic N) is 1. The Labute approximate surface area is 185 Å². The van der Waals surface area contributed by atoms with Gasteiger partial charge in [0.05, 0.1) is 10.4 Å². The maximum atomic E-state index is 13.0. The fourth-order valence-corrected chi connectivity index (χ4v) is 5.01. The molecule has 2 N–H and O–H groups in total. The van der Waals surface area contributed by atoms with Crippen LogP contribution in [0, 0.1) is 13.8 Å². The molecule has 0 spiro atoms. The van der Waals surface area contributed by atoms with Crippen LogP contribution in [-0.4, -0.2) is 36.9 Å². The number of oxazole rings is 1. The molecule has 3 rings (SSSR count). The zero-order valence-electron chi connectivity index (χ0n) is 17.8. The molecule has 0 fully saturated rings. The number of aromatic nitrogens is 1. The summed E-state index contributed by atoms with van der Waals surface area (Å²) in [6.45, 7) is 3.85. The Morgan fingerprint density at radius 1 is 1.16 bits per heavy atom. The normalized spacial score (nSPS) is 12.8. The number of amides is 1. The molecule has 31 heavy (non-hydrogen) atoms. The summed E-state index contributed by atoms with van der Waals surface area (Å²) in [5, 5.41) is 2.81. The van der Waals surface area contributed by atoms with Crippen LogP contribution in [0.25, 0.3) is 11.1 Å². The van der Waals surface area contributed by atoms with E-state index in [1.54, 1.807) is 0 Å². The molecular formula is C21H25N3O5S2. The van der Waals surface area contributed by atoms with E-state index in [0.717, 1.165) is 11.1 Å². The van der Waals surface area contributed by atoms with E-state index < -0.39 is 27.7 Å². The number of hydrogen-bond donors (Lipinski definition) is 2. The van der Waals surface area contributed by atoms with E-state index in [9.17, 15) is 18.0 Å². The van der Waals surface area contributed by atoms with Crippen molar-refractivity contribution >= 4 is 44.5 Å². The van der Waals surface area contributed by atoms with Crippen molar-refractivity contribution in [2.24, 2.45) is 7.05 Å². The van der Waals surface area contributed by atoms with E-state index in [1.807, 2.05) is 38.3 Å². The van der Waals surface area contributed by atoms with E-state index in [4.69, 9.17) is 4.42 Å². The average Bonchev–Trinajstić information content (AvgIpc) is 2.97. The Balaban J connectivity index is 1.86. The van der Waals surface area contributed by atoms with Gasteiger partial charge in [-0.25, -0.2) is 13.2 Å². The van der Waals surface area contributed by atoms with Crippen molar-refractivity contribution in [1.82, 2.24) is 9.29 Å². The fraction of sp³-hybridized carbons (Fsp3) is 0.333. The molecule has 0 saturated carbocycles. The molecule has 8 nitrogen and oxygen atoms in total. The summed E-state index contributed by atoms with van der Waals surface area (Å²) >= 11 is 1.52. The molecule has 0 radical (unpaired) electrons. The molecule has 0 aliphatic carbocycles. The lowest BCUT2D eigenvalue weighted by Crippen LogP contribution is -2.44. The third-order valence-electron chi connectivity index (χ3n) is 4.79. The summed E-state index contributed by atoms with van der Waals surface area (Å²) in [5.41, 5.74) is 3.25. The highest BCUT2D eigenvalue weighted by Gasteiger charge is 2.26. The van der Waals surface area contributed by atoms with Crippen molar-refractivity contribution in [3.63, 3.8) is 0 Å². The zero-order chi connectivity index (χ0) is 22.8. The first-order valence-corrected chi connectivity index (χ1v) is 12.5. The summed E-state index contributed by atoms with van der Waals surface area (Å²) in [6.07, 6.45) is 2.21. The third-order valence-corrected chi connectivity index (χ3v) is 6.90. The van der Waals surface area contributed by atoms with Crippen LogP contribution in [0.2, 0.25) is 0 Å². The molecule has 1 amide bonds. The van der Waals surface area contributed by atoms with Crippen LogP contribution in [0.5, 0.6) is 0 Å². The minimum Gasteiger partial charge on any atom is -0.408 e. The van der Waals surface area contributed by atoms with Crippen molar-refractivity contribution in [2.45, 2.75) is 31.2 Å². The number of benzene rings is 2. The van der Waals surface area contributed by atoms with Crippen LogP contribution in [-0.2, 0) is 21.9 Å². The minimum absolute atomic E-state index is 0.0808. The highest BCUT2D eigenvalue weighted by molar-refractivity contribution is 7.98. The maximum Gasteiger partial charge on any atom is 0.419 e. The van der Waals surface area contributed by atoms with Crippen LogP contribution >= 0.6 is 11.8 Å². The van der Waals surface area contributed by atoms with E-state index in [1.165, 1.54) is 41.6 Å². The zero-order valence-corrected chi connectivity index (χ0v) is 19.4. The van der Waals surface area contributed by atoms with Gasteiger partial charge in [0.15, 0.2) is 5.58 Å². The number of anilines is 1. The molecule has 166 valence electrons. The molecular weight excluding hydrogens is 438 g/mol. The number of rotatable bonds is 8. The van der Waals surface area contributed by atoms with Gasteiger partial charge >= 0.3 is 5.76 Å². The molecule has 0 bridgehead atoms. The summed E-state index contributed by atoms with van der Waals surface area (Å²) in [6, 6.07) is 8.85. The maximum absolute atomic E-state index is 13.0. The van der Waals surface area contributed by atoms with Gasteiger partial charge in [0.2, 0.25) is 15.9 Å². The Kier molecular flexibility index (Phi) is 6.93. The first kappa shape index (κ1) is 23.1. The quantitative estimate of drug-likeness (QED) is 0.532. The van der Waals surface area contributed by atoms with E-state index in [-0.39, 0.29) is 10.5 Å². The Morgan fingerprint density at radius 2 is 1.84 bits per heavy atom. The lowest BCUT2D eigenvalue weighted by Gasteiger charge is -2.19. The number of carbonyl (C=O) groups is 1. The van der Waals surface area contributed by atoms with Crippen LogP contribution in [0.3, 0.4) is 0 Å². The smallest absolute Gasteiger partial charge is 0.408 e. The van der Waals surface area contributed by atoms with Gasteiger partial charge < -0.3 is 9.73 Å². The molecule has 10 heteroatoms. The second kappa shape index (κ2) is 9.29. The Hall–Kier alpha value is -2.56. The van der Waals surface area contributed by atoms with Crippen molar-refractivity contribution in [1.29, 1.82) is 0 Å². The third kappa shape index (κ3) is 5.38. The summed E-state index contributed by atoms with van der Waals surface area (Å²) in [5.74, 6) is -0.418. The van der Waals surface area contributed by atoms with Crippen molar-refractivity contribution in [3.05, 3.63) is 58.1 Å². The van der Waals surface area contributed by atoms with Gasteiger partial charge in [-0.2, -0.15) is 16.5 Å². The summed E-state index contributed by atoms with van der Waals surface area (Å²) < 4.78 is 34.8. The van der Waals surface area contributed by atoms with E-state index >= 15 is 0 Å². The van der Waals surface area contributed by atoms with Crippen LogP contribution < -0.4 is 15.8 Å². The Bertz CT molecular complexity index is 1260. The first-order chi connectivity index (χ1) is 14.6. The summed E-state index contributed by atoms with van der Waals surface area (Å²) in [7, 11) is -2.49. The highest BCUT2D eigenvalue weighted by Crippen LogP contribution is 2.19. The lowest BCUT2D eigenvalue weighted by atomic mass is 10.1. The molecule has 2 aromatic carbocycles. The largest absolute Gasteiger partial charge is 0.419 e. The van der Waals surface area contributed by atoms with Crippen molar-refractivity contribution in [3.8, 4) is 0 Å². The number of carbonyl (C=O) groups excluding carboxylic acids is 1. The second-order valence-electron chi connectivity index (χ2n) is 7.38. The van der Waals surface area contributed by atoms with Gasteiger partial charge in [-0.15, -0.1) is 0 Å². The second-order valence-corrected chi connectivity index (χ2v) is 10.1. The van der Waals surface area contributed by atoms with Gasteiger partial charge in [0, 0.05) is 18.8 Å². The predicted octanol–water partition coefficient (Wildman–Crippen LogP) is 2.79. The predicted molar refractivity (Wildman–Crippen MR) is 123 cm³/mol. The standard InChI is InChI=1S/C21H25N3O5S2/c1-13-9-14(2)11-15(10-13)22-20(25)17(7-8-30-4)23-31(27,28)16-5-6-18-19(12-16)29-21(26)24(18)3/h5-6,9-12,17,23H,7-8H2,1-4H3,(H,22,25)/t17-/m1/s1. The minimum atomic E-state index is -4.03. The number of thioether (sulfide) groups is 1. The molecule has 0 aliphatic rings. The van der Waals surface area contributed by atoms with Gasteiger partial charge in [0.1, 0.15) is 6.04 Å². The monoisotopic (exact) mass is 463 g/mol. The van der Waals surface area contributed by atoms with Crippen LogP contribution in [0.4, 0.5) is 5.69 Å². The number of nitrogens with one attached hydrogen (secondary N) is 2. The van der Waals surface area contributed by atoms with E-state index in [0.29, 0.717) is 23.4 Å². The van der Waals surface area contributed by atoms with Crippen molar-refractivity contribution < 1.29 is 17.6 Å². The molecule has 0 aliphatic heterocycles. The van der Waals surface area contributed by atoms with Gasteiger partial charge in [-0.3, -0.25) is 9.36 Å². The molecule has 0 saturated heterocycles. The topological polar surface area (TPSA) is 110 Å². The van der Waals surface area contributed by atoms with E-state index in [2.05, 4.69) is 10.0 Å². The SMILES string of the molecule is CSCC[C@@H](NS(=O)(=O)c1ccc2c(c1)oc(=O)n2C)C(=O)Nc1cc(C)cc(C)c1. The highest BCUT2D eigenvalue weighted by atomic mass is 32.2. The molecule has 1 aromatic heterocycles. The van der Waals surface area contributed by atoms with Gasteiger partial charge in [-0.1, -0.05) is 6.07 Å². The molecule has 3 aromatic rings. The molecule has 0 unspecified atom stereocenters. The molecule has 1 atom stereocenters. The number of aryl methyl sites for hydroxylation is 3.